The van der Waals surface area contributed by atoms with Crippen LogP contribution in [0.25, 0.3) is 0 Å². The molecular formula is C13H18NO8P. The molecule has 1 aromatic rings. The van der Waals surface area contributed by atoms with Crippen molar-refractivity contribution in [2.75, 3.05) is 27.4 Å². The quantitative estimate of drug-likeness (QED) is 0.732. The summed E-state index contributed by atoms with van der Waals surface area (Å²) in [5, 5.41) is 0. The molecule has 2 fully saturated rings. The van der Waals surface area contributed by atoms with Crippen LogP contribution in [0.3, 0.4) is 0 Å². The van der Waals surface area contributed by atoms with Crippen LogP contribution in [0.4, 0.5) is 0 Å². The third kappa shape index (κ3) is 2.89. The molecule has 3 rings (SSSR count). The van der Waals surface area contributed by atoms with Gasteiger partial charge in [-0.15, -0.1) is 0 Å². The van der Waals surface area contributed by atoms with Crippen LogP contribution in [0.2, 0.25) is 0 Å². The average molecular weight is 347 g/mol. The van der Waals surface area contributed by atoms with Gasteiger partial charge in [0.1, 0.15) is 17.8 Å². The summed E-state index contributed by atoms with van der Waals surface area (Å²) in [5.41, 5.74) is -1.37. The van der Waals surface area contributed by atoms with Gasteiger partial charge in [-0.1, -0.05) is 6.07 Å². The number of phosphoric acid groups is 1. The Kier molecular flexibility index (Phi) is 4.45. The number of methoxy groups -OCH3 is 1. The summed E-state index contributed by atoms with van der Waals surface area (Å²) in [6, 6.07) is 4.68. The van der Waals surface area contributed by atoms with E-state index in [4.69, 9.17) is 18.7 Å². The van der Waals surface area contributed by atoms with Gasteiger partial charge >= 0.3 is 7.82 Å². The van der Waals surface area contributed by atoms with E-state index in [0.717, 1.165) is 7.11 Å². The molecule has 0 saturated carbocycles. The lowest BCUT2D eigenvalue weighted by atomic mass is 10.0. The van der Waals surface area contributed by atoms with Crippen molar-refractivity contribution in [2.45, 2.75) is 24.0 Å². The molecule has 2 saturated heterocycles. The lowest BCUT2D eigenvalue weighted by Crippen LogP contribution is -2.45. The first-order chi connectivity index (χ1) is 10.9. The van der Waals surface area contributed by atoms with Crippen LogP contribution >= 0.6 is 7.82 Å². The summed E-state index contributed by atoms with van der Waals surface area (Å²) in [6.07, 6.45) is -0.866. The van der Waals surface area contributed by atoms with Crippen molar-refractivity contribution in [3.05, 3.63) is 34.7 Å². The Balaban J connectivity index is 1.95. The predicted molar refractivity (Wildman–Crippen MR) is 76.9 cm³/mol. The Morgan fingerprint density at radius 3 is 2.91 bits per heavy atom. The van der Waals surface area contributed by atoms with Crippen LogP contribution in [0, 0.1) is 0 Å². The summed E-state index contributed by atoms with van der Waals surface area (Å²) in [4.78, 5) is 21.7. The van der Waals surface area contributed by atoms with Gasteiger partial charge in [0.25, 0.3) is 5.56 Å². The number of rotatable bonds is 6. The van der Waals surface area contributed by atoms with Gasteiger partial charge < -0.3 is 19.1 Å². The Morgan fingerprint density at radius 2 is 2.26 bits per heavy atom. The molecule has 0 aromatic carbocycles. The van der Waals surface area contributed by atoms with Crippen LogP contribution in [0.15, 0.2) is 29.2 Å². The molecule has 2 aliphatic rings. The van der Waals surface area contributed by atoms with E-state index in [0.29, 0.717) is 0 Å². The van der Waals surface area contributed by atoms with Crippen molar-refractivity contribution in [3.63, 3.8) is 0 Å². The van der Waals surface area contributed by atoms with Crippen LogP contribution in [0.5, 0.6) is 0 Å². The fourth-order valence-electron chi connectivity index (χ4n) is 2.96. The molecule has 128 valence electrons. The number of hydrogen-bond acceptors (Lipinski definition) is 7. The maximum Gasteiger partial charge on any atom is 0.472 e. The second-order valence-electron chi connectivity index (χ2n) is 5.41. The van der Waals surface area contributed by atoms with Gasteiger partial charge in [-0.05, 0) is 6.07 Å². The van der Waals surface area contributed by atoms with Gasteiger partial charge in [-0.2, -0.15) is 0 Å². The predicted octanol–water partition coefficient (Wildman–Crippen LogP) is 0.293. The zero-order valence-corrected chi connectivity index (χ0v) is 13.5. The standard InChI is InChI=1S/C13H18NO8P/c1-18-7-13-8-20-10(11(13)22-23(16,17)19-2)12(21-13)14-6-4-3-5-9(14)15/h3-6,10-12H,7-8H2,1-2H3,(H,16,17)/t10?,11-,12+,13?/m0/s1. The molecule has 3 heterocycles. The highest BCUT2D eigenvalue weighted by Crippen LogP contribution is 2.54. The molecule has 5 atom stereocenters. The van der Waals surface area contributed by atoms with Crippen LogP contribution in [0.1, 0.15) is 6.23 Å². The van der Waals surface area contributed by atoms with Gasteiger partial charge in [0.2, 0.25) is 0 Å². The normalized spacial score (nSPS) is 35.3. The Labute approximate surface area is 132 Å². The SMILES string of the molecule is COCC12COC([C@H](n3ccccc3=O)O1)[C@@H]2OP(=O)(O)OC. The maximum atomic E-state index is 12.0. The number of pyridine rings is 1. The zero-order chi connectivity index (χ0) is 16.7. The molecule has 1 aromatic heterocycles. The van der Waals surface area contributed by atoms with Crippen LogP contribution in [-0.4, -0.2) is 54.7 Å². The van der Waals surface area contributed by atoms with Crippen LogP contribution < -0.4 is 5.56 Å². The second kappa shape index (κ2) is 6.10. The highest BCUT2D eigenvalue weighted by Gasteiger charge is 2.64. The van der Waals surface area contributed by atoms with Crippen molar-refractivity contribution >= 4 is 7.82 Å². The number of aromatic nitrogens is 1. The van der Waals surface area contributed by atoms with Crippen molar-refractivity contribution in [1.82, 2.24) is 4.57 Å². The minimum Gasteiger partial charge on any atom is -0.381 e. The molecule has 9 nitrogen and oxygen atoms in total. The number of nitrogens with zero attached hydrogens (tertiary/aromatic N) is 1. The lowest BCUT2D eigenvalue weighted by molar-refractivity contribution is -0.190. The first-order valence-electron chi connectivity index (χ1n) is 6.95. The van der Waals surface area contributed by atoms with Crippen LogP contribution in [-0.2, 0) is 27.8 Å². The molecule has 3 unspecified atom stereocenters. The molecule has 0 radical (unpaired) electrons. The molecule has 2 bridgehead atoms. The summed E-state index contributed by atoms with van der Waals surface area (Å²) in [7, 11) is -1.71. The van der Waals surface area contributed by atoms with E-state index in [-0.39, 0.29) is 18.8 Å². The minimum absolute atomic E-state index is 0.0793. The topological polar surface area (TPSA) is 105 Å². The van der Waals surface area contributed by atoms with E-state index in [1.54, 1.807) is 18.3 Å². The number of hydrogen-bond donors (Lipinski definition) is 1. The molecule has 23 heavy (non-hydrogen) atoms. The molecule has 2 aliphatic heterocycles. The summed E-state index contributed by atoms with van der Waals surface area (Å²) in [6.45, 7) is 0.202. The molecule has 1 N–H and O–H groups in total. The van der Waals surface area contributed by atoms with E-state index < -0.39 is 31.9 Å². The third-order valence-electron chi connectivity index (χ3n) is 3.96. The van der Waals surface area contributed by atoms with E-state index in [1.807, 2.05) is 0 Å². The van der Waals surface area contributed by atoms with Crippen molar-refractivity contribution in [3.8, 4) is 0 Å². The molecular weight excluding hydrogens is 329 g/mol. The minimum atomic E-state index is -4.26. The van der Waals surface area contributed by atoms with Gasteiger partial charge in [0.05, 0.1) is 13.2 Å². The second-order valence-corrected chi connectivity index (χ2v) is 6.92. The van der Waals surface area contributed by atoms with Crippen molar-refractivity contribution in [1.29, 1.82) is 0 Å². The van der Waals surface area contributed by atoms with E-state index >= 15 is 0 Å². The Hall–Kier alpha value is -1.06. The van der Waals surface area contributed by atoms with E-state index in [2.05, 4.69) is 4.52 Å². The van der Waals surface area contributed by atoms with Gasteiger partial charge in [-0.25, -0.2) is 4.57 Å². The third-order valence-corrected chi connectivity index (χ3v) is 4.92. The average Bonchev–Trinajstić information content (AvgIpc) is 2.99. The van der Waals surface area contributed by atoms with Gasteiger partial charge in [-0.3, -0.25) is 18.4 Å². The Morgan fingerprint density at radius 1 is 1.48 bits per heavy atom. The first-order valence-corrected chi connectivity index (χ1v) is 8.44. The molecule has 10 heteroatoms. The van der Waals surface area contributed by atoms with E-state index in [1.165, 1.54) is 17.7 Å². The first kappa shape index (κ1) is 16.8. The van der Waals surface area contributed by atoms with Gasteiger partial charge in [0, 0.05) is 26.5 Å². The summed E-state index contributed by atoms with van der Waals surface area (Å²) in [5.74, 6) is 0. The molecule has 0 spiro atoms. The highest BCUT2D eigenvalue weighted by molar-refractivity contribution is 7.47. The van der Waals surface area contributed by atoms with Crippen molar-refractivity contribution < 1.29 is 32.7 Å². The zero-order valence-electron chi connectivity index (χ0n) is 12.7. The number of phosphoric ester groups is 1. The number of fused-ring (bicyclic) bond motifs is 2. The summed E-state index contributed by atoms with van der Waals surface area (Å²) >= 11 is 0. The summed E-state index contributed by atoms with van der Waals surface area (Å²) < 4.78 is 39.6. The fraction of sp³-hybridized carbons (Fsp3) is 0.615. The highest BCUT2D eigenvalue weighted by atomic mass is 31.2. The van der Waals surface area contributed by atoms with Gasteiger partial charge in [0.15, 0.2) is 6.23 Å². The Bertz CT molecular complexity index is 678. The monoisotopic (exact) mass is 347 g/mol. The van der Waals surface area contributed by atoms with Crippen molar-refractivity contribution in [2.24, 2.45) is 0 Å². The largest absolute Gasteiger partial charge is 0.472 e. The maximum absolute atomic E-state index is 12.0. The molecule has 0 amide bonds. The fourth-order valence-corrected chi connectivity index (χ4v) is 3.64. The smallest absolute Gasteiger partial charge is 0.381 e. The lowest BCUT2D eigenvalue weighted by Gasteiger charge is -2.31. The molecule has 0 aliphatic carbocycles. The van der Waals surface area contributed by atoms with E-state index in [9.17, 15) is 14.3 Å². The number of ether oxygens (including phenoxy) is 3.